The summed E-state index contributed by atoms with van der Waals surface area (Å²) in [6.45, 7) is 0.361. The van der Waals surface area contributed by atoms with Gasteiger partial charge >= 0.3 is 0 Å². The Balaban J connectivity index is 1.91. The second-order valence-corrected chi connectivity index (χ2v) is 4.98. The van der Waals surface area contributed by atoms with Crippen molar-refractivity contribution in [1.29, 1.82) is 0 Å². The van der Waals surface area contributed by atoms with E-state index >= 15 is 0 Å². The van der Waals surface area contributed by atoms with Gasteiger partial charge in [0.1, 0.15) is 12.4 Å². The molecular weight excluding hydrogens is 270 g/mol. The molecule has 0 atom stereocenters. The van der Waals surface area contributed by atoms with E-state index < -0.39 is 0 Å². The Morgan fingerprint density at radius 2 is 1.65 bits per heavy atom. The second-order valence-electron chi connectivity index (χ2n) is 4.57. The highest BCUT2D eigenvalue weighted by Crippen LogP contribution is 2.28. The molecule has 0 spiro atoms. The van der Waals surface area contributed by atoms with Crippen molar-refractivity contribution in [1.82, 2.24) is 0 Å². The highest BCUT2D eigenvalue weighted by atomic mass is 35.5. The number of hydrogen-bond acceptors (Lipinski definition) is 2. The number of ether oxygens (including phenoxy) is 1. The fourth-order valence-corrected chi connectivity index (χ4v) is 2.44. The molecule has 2 N–H and O–H groups in total. The van der Waals surface area contributed by atoms with Crippen molar-refractivity contribution in [2.24, 2.45) is 0 Å². The quantitative estimate of drug-likeness (QED) is 0.710. The molecule has 3 rings (SSSR count). The molecule has 0 saturated carbocycles. The Morgan fingerprint density at radius 3 is 2.50 bits per heavy atom. The van der Waals surface area contributed by atoms with Crippen molar-refractivity contribution in [3.05, 3.63) is 71.2 Å². The van der Waals surface area contributed by atoms with Crippen LogP contribution in [0.25, 0.3) is 10.8 Å². The maximum absolute atomic E-state index is 6.15. The number of fused-ring (bicyclic) bond motifs is 1. The summed E-state index contributed by atoms with van der Waals surface area (Å²) in [4.78, 5) is 0. The third kappa shape index (κ3) is 2.43. The van der Waals surface area contributed by atoms with Gasteiger partial charge in [0.15, 0.2) is 0 Å². The topological polar surface area (TPSA) is 35.2 Å². The van der Waals surface area contributed by atoms with Gasteiger partial charge in [0.2, 0.25) is 0 Å². The van der Waals surface area contributed by atoms with E-state index in [2.05, 4.69) is 12.1 Å². The first kappa shape index (κ1) is 12.8. The van der Waals surface area contributed by atoms with Crippen molar-refractivity contribution >= 4 is 28.1 Å². The Morgan fingerprint density at radius 1 is 0.900 bits per heavy atom. The normalized spacial score (nSPS) is 10.7. The molecule has 0 fully saturated rings. The van der Waals surface area contributed by atoms with E-state index in [1.807, 2.05) is 48.5 Å². The molecule has 3 aromatic carbocycles. The molecule has 100 valence electrons. The van der Waals surface area contributed by atoms with Crippen molar-refractivity contribution in [2.45, 2.75) is 6.61 Å². The smallest absolute Gasteiger partial charge is 0.127 e. The molecule has 0 saturated heterocycles. The zero-order chi connectivity index (χ0) is 13.9. The van der Waals surface area contributed by atoms with Crippen LogP contribution in [0.3, 0.4) is 0 Å². The molecule has 0 aliphatic carbocycles. The number of benzene rings is 3. The van der Waals surface area contributed by atoms with Crippen LogP contribution in [0, 0.1) is 0 Å². The predicted molar refractivity (Wildman–Crippen MR) is 84.1 cm³/mol. The zero-order valence-electron chi connectivity index (χ0n) is 10.8. The van der Waals surface area contributed by atoms with E-state index in [9.17, 15) is 0 Å². The summed E-state index contributed by atoms with van der Waals surface area (Å²) < 4.78 is 5.90. The molecule has 20 heavy (non-hydrogen) atoms. The van der Waals surface area contributed by atoms with Gasteiger partial charge in [-0.3, -0.25) is 0 Å². The SMILES string of the molecule is Nc1cccc(Cl)c1COc1cccc2ccccc12. The highest BCUT2D eigenvalue weighted by Gasteiger charge is 2.07. The third-order valence-corrected chi connectivity index (χ3v) is 3.63. The molecular formula is C17H14ClNO. The lowest BCUT2D eigenvalue weighted by atomic mass is 10.1. The maximum Gasteiger partial charge on any atom is 0.127 e. The number of hydrogen-bond donors (Lipinski definition) is 1. The monoisotopic (exact) mass is 283 g/mol. The van der Waals surface area contributed by atoms with Crippen LogP contribution < -0.4 is 10.5 Å². The van der Waals surface area contributed by atoms with Crippen LogP contribution in [-0.4, -0.2) is 0 Å². The predicted octanol–water partition coefficient (Wildman–Crippen LogP) is 4.65. The molecule has 0 aliphatic heterocycles. The van der Waals surface area contributed by atoms with Crippen molar-refractivity contribution in [2.75, 3.05) is 5.73 Å². The van der Waals surface area contributed by atoms with Gasteiger partial charge < -0.3 is 10.5 Å². The lowest BCUT2D eigenvalue weighted by molar-refractivity contribution is 0.311. The number of nitrogen functional groups attached to an aromatic ring is 1. The molecule has 0 heterocycles. The van der Waals surface area contributed by atoms with Gasteiger partial charge in [0.05, 0.1) is 0 Å². The van der Waals surface area contributed by atoms with Crippen molar-refractivity contribution < 1.29 is 4.74 Å². The Kier molecular flexibility index (Phi) is 3.48. The summed E-state index contributed by atoms with van der Waals surface area (Å²) >= 11 is 6.15. The molecule has 2 nitrogen and oxygen atoms in total. The highest BCUT2D eigenvalue weighted by molar-refractivity contribution is 6.31. The van der Waals surface area contributed by atoms with Crippen molar-refractivity contribution in [3.63, 3.8) is 0 Å². The summed E-state index contributed by atoms with van der Waals surface area (Å²) in [5, 5.41) is 2.86. The number of anilines is 1. The summed E-state index contributed by atoms with van der Waals surface area (Å²) in [7, 11) is 0. The van der Waals surface area contributed by atoms with Crippen LogP contribution in [0.2, 0.25) is 5.02 Å². The minimum absolute atomic E-state index is 0.361. The van der Waals surface area contributed by atoms with E-state index in [0.717, 1.165) is 22.1 Å². The fourth-order valence-electron chi connectivity index (χ4n) is 2.20. The minimum Gasteiger partial charge on any atom is -0.488 e. The molecule has 3 heteroatoms. The molecule has 0 unspecified atom stereocenters. The van der Waals surface area contributed by atoms with E-state index in [4.69, 9.17) is 22.1 Å². The minimum atomic E-state index is 0.361. The second kappa shape index (κ2) is 5.43. The number of rotatable bonds is 3. The lowest BCUT2D eigenvalue weighted by Gasteiger charge is -2.12. The molecule has 0 amide bonds. The average molecular weight is 284 g/mol. The van der Waals surface area contributed by atoms with Gasteiger partial charge in [0.25, 0.3) is 0 Å². The standard InChI is InChI=1S/C17H14ClNO/c18-15-8-4-9-16(19)14(15)11-20-17-10-3-6-12-5-1-2-7-13(12)17/h1-10H,11,19H2. The first-order chi connectivity index (χ1) is 9.75. The first-order valence-corrected chi connectivity index (χ1v) is 6.77. The van der Waals surface area contributed by atoms with E-state index in [1.165, 1.54) is 0 Å². The fraction of sp³-hybridized carbons (Fsp3) is 0.0588. The van der Waals surface area contributed by atoms with Gasteiger partial charge in [0, 0.05) is 21.7 Å². The van der Waals surface area contributed by atoms with Gasteiger partial charge in [-0.05, 0) is 23.6 Å². The van der Waals surface area contributed by atoms with Gasteiger partial charge in [-0.15, -0.1) is 0 Å². The number of halogens is 1. The van der Waals surface area contributed by atoms with Crippen LogP contribution in [-0.2, 0) is 6.61 Å². The van der Waals surface area contributed by atoms with Crippen LogP contribution in [0.1, 0.15) is 5.56 Å². The van der Waals surface area contributed by atoms with Gasteiger partial charge in [-0.1, -0.05) is 54.1 Å². The van der Waals surface area contributed by atoms with E-state index in [1.54, 1.807) is 0 Å². The maximum atomic E-state index is 6.15. The lowest BCUT2D eigenvalue weighted by Crippen LogP contribution is -2.01. The molecule has 0 aliphatic rings. The summed E-state index contributed by atoms with van der Waals surface area (Å²) in [6, 6.07) is 19.6. The molecule has 3 aromatic rings. The third-order valence-electron chi connectivity index (χ3n) is 3.28. The molecule has 0 aromatic heterocycles. The van der Waals surface area contributed by atoms with Crippen LogP contribution in [0.5, 0.6) is 5.75 Å². The Bertz CT molecular complexity index is 729. The number of nitrogens with two attached hydrogens (primary N) is 1. The largest absolute Gasteiger partial charge is 0.488 e. The van der Waals surface area contributed by atoms with E-state index in [-0.39, 0.29) is 0 Å². The summed E-state index contributed by atoms with van der Waals surface area (Å²) in [6.07, 6.45) is 0. The van der Waals surface area contributed by atoms with E-state index in [0.29, 0.717) is 17.3 Å². The first-order valence-electron chi connectivity index (χ1n) is 6.39. The van der Waals surface area contributed by atoms with Gasteiger partial charge in [-0.2, -0.15) is 0 Å². The van der Waals surface area contributed by atoms with Crippen molar-refractivity contribution in [3.8, 4) is 5.75 Å². The van der Waals surface area contributed by atoms with Gasteiger partial charge in [-0.25, -0.2) is 0 Å². The molecule has 0 radical (unpaired) electrons. The molecule has 0 bridgehead atoms. The Hall–Kier alpha value is -2.19. The summed E-state index contributed by atoms with van der Waals surface area (Å²) in [5.74, 6) is 0.836. The average Bonchev–Trinajstić information content (AvgIpc) is 2.47. The zero-order valence-corrected chi connectivity index (χ0v) is 11.6. The van der Waals surface area contributed by atoms with Crippen LogP contribution in [0.4, 0.5) is 5.69 Å². The van der Waals surface area contributed by atoms with Crippen LogP contribution in [0.15, 0.2) is 60.7 Å². The summed E-state index contributed by atoms with van der Waals surface area (Å²) in [5.41, 5.74) is 7.41. The Labute approximate surface area is 122 Å². The van der Waals surface area contributed by atoms with Crippen LogP contribution >= 0.6 is 11.6 Å².